The zero-order valence-corrected chi connectivity index (χ0v) is 9.08. The second-order valence-electron chi connectivity index (χ2n) is 3.55. The van der Waals surface area contributed by atoms with Crippen LogP contribution in [0.4, 0.5) is 0 Å². The van der Waals surface area contributed by atoms with E-state index in [1.54, 1.807) is 7.11 Å². The lowest BCUT2D eigenvalue weighted by atomic mass is 10.1. The number of hydrogen-bond acceptors (Lipinski definition) is 3. The van der Waals surface area contributed by atoms with Crippen LogP contribution in [0.5, 0.6) is 0 Å². The first kappa shape index (κ1) is 12.4. The Morgan fingerprint density at radius 2 is 2.00 bits per heavy atom. The van der Waals surface area contributed by atoms with Gasteiger partial charge in [-0.2, -0.15) is 5.26 Å². The van der Waals surface area contributed by atoms with Crippen LogP contribution in [0.1, 0.15) is 27.2 Å². The third-order valence-corrected chi connectivity index (χ3v) is 2.22. The first-order valence-electron chi connectivity index (χ1n) is 4.75. The first-order valence-corrected chi connectivity index (χ1v) is 4.75. The summed E-state index contributed by atoms with van der Waals surface area (Å²) in [7, 11) is 1.71. The Labute approximate surface area is 81.3 Å². The number of methoxy groups -OCH3 is 1. The van der Waals surface area contributed by atoms with Crippen LogP contribution in [-0.2, 0) is 4.74 Å². The molecule has 0 saturated heterocycles. The molecule has 0 aliphatic rings. The smallest absolute Gasteiger partial charge is 0.0870 e. The molecule has 0 spiro atoms. The van der Waals surface area contributed by atoms with Crippen LogP contribution >= 0.6 is 0 Å². The van der Waals surface area contributed by atoms with Crippen molar-refractivity contribution in [2.75, 3.05) is 20.3 Å². The van der Waals surface area contributed by atoms with Crippen molar-refractivity contribution in [3.63, 3.8) is 0 Å². The molecular formula is C10H20N2O. The number of nitriles is 1. The summed E-state index contributed by atoms with van der Waals surface area (Å²) in [6.07, 6.45) is 0.982. The molecule has 0 aliphatic heterocycles. The molecule has 0 radical (unpaired) electrons. The third kappa shape index (κ3) is 4.87. The highest BCUT2D eigenvalue weighted by molar-refractivity contribution is 4.82. The second kappa shape index (κ2) is 6.88. The summed E-state index contributed by atoms with van der Waals surface area (Å²) in [6, 6.07) is 3.03. The van der Waals surface area contributed by atoms with Crippen LogP contribution < -0.4 is 0 Å². The van der Waals surface area contributed by atoms with Gasteiger partial charge in [0.1, 0.15) is 0 Å². The summed E-state index contributed by atoms with van der Waals surface area (Å²) in [6.45, 7) is 7.62. The van der Waals surface area contributed by atoms with Crippen molar-refractivity contribution in [2.24, 2.45) is 0 Å². The van der Waals surface area contributed by atoms with E-state index in [1.165, 1.54) is 0 Å². The highest BCUT2D eigenvalue weighted by Gasteiger charge is 2.15. The Balaban J connectivity index is 3.97. The molecule has 0 aliphatic carbocycles. The predicted octanol–water partition coefficient (Wildman–Crippen LogP) is 1.65. The van der Waals surface area contributed by atoms with E-state index in [-0.39, 0.29) is 0 Å². The Hall–Kier alpha value is -0.590. The van der Waals surface area contributed by atoms with Gasteiger partial charge in [-0.1, -0.05) is 0 Å². The van der Waals surface area contributed by atoms with Gasteiger partial charge in [0.05, 0.1) is 12.6 Å². The molecule has 0 heterocycles. The molecule has 3 nitrogen and oxygen atoms in total. The number of ether oxygens (including phenoxy) is 1. The van der Waals surface area contributed by atoms with Crippen molar-refractivity contribution in [1.82, 2.24) is 4.90 Å². The van der Waals surface area contributed by atoms with Crippen LogP contribution in [0.15, 0.2) is 0 Å². The van der Waals surface area contributed by atoms with Crippen LogP contribution in [0, 0.1) is 11.3 Å². The van der Waals surface area contributed by atoms with Gasteiger partial charge in [-0.15, -0.1) is 0 Å². The van der Waals surface area contributed by atoms with Crippen molar-refractivity contribution < 1.29 is 4.74 Å². The van der Waals surface area contributed by atoms with E-state index in [1.807, 2.05) is 0 Å². The molecule has 1 unspecified atom stereocenters. The lowest BCUT2D eigenvalue weighted by molar-refractivity contribution is 0.127. The van der Waals surface area contributed by atoms with Gasteiger partial charge in [-0.25, -0.2) is 0 Å². The topological polar surface area (TPSA) is 36.3 Å². The molecule has 0 bridgehead atoms. The molecule has 76 valence electrons. The summed E-state index contributed by atoms with van der Waals surface area (Å²) < 4.78 is 5.01. The highest BCUT2D eigenvalue weighted by Crippen LogP contribution is 2.07. The van der Waals surface area contributed by atoms with Gasteiger partial charge < -0.3 is 4.74 Å². The average molecular weight is 184 g/mol. The molecule has 0 aromatic rings. The van der Waals surface area contributed by atoms with Gasteiger partial charge in [0.2, 0.25) is 0 Å². The zero-order chi connectivity index (χ0) is 10.3. The molecule has 0 rings (SSSR count). The summed E-state index contributed by atoms with van der Waals surface area (Å²) in [5.74, 6) is 0. The molecular weight excluding hydrogens is 164 g/mol. The van der Waals surface area contributed by atoms with Gasteiger partial charge in [-0.05, 0) is 27.2 Å². The minimum atomic E-state index is 0.416. The Morgan fingerprint density at radius 3 is 2.38 bits per heavy atom. The standard InChI is InChI=1S/C10H20N2O/c1-9(2)12(7-6-11)10(3)5-8-13-4/h9-10H,5,7-8H2,1-4H3. The molecule has 0 N–H and O–H groups in total. The van der Waals surface area contributed by atoms with Gasteiger partial charge in [0.15, 0.2) is 0 Å². The summed E-state index contributed by atoms with van der Waals surface area (Å²) in [5, 5.41) is 8.64. The van der Waals surface area contributed by atoms with Crippen molar-refractivity contribution in [3.8, 4) is 6.07 Å². The maximum atomic E-state index is 8.64. The van der Waals surface area contributed by atoms with Crippen molar-refractivity contribution in [1.29, 1.82) is 5.26 Å². The van der Waals surface area contributed by atoms with Gasteiger partial charge in [-0.3, -0.25) is 4.90 Å². The fraction of sp³-hybridized carbons (Fsp3) is 0.900. The second-order valence-corrected chi connectivity index (χ2v) is 3.55. The van der Waals surface area contributed by atoms with E-state index in [9.17, 15) is 0 Å². The van der Waals surface area contributed by atoms with Gasteiger partial charge in [0.25, 0.3) is 0 Å². The van der Waals surface area contributed by atoms with Gasteiger partial charge >= 0.3 is 0 Å². The Morgan fingerprint density at radius 1 is 1.38 bits per heavy atom. The van der Waals surface area contributed by atoms with E-state index >= 15 is 0 Å². The van der Waals surface area contributed by atoms with Crippen LogP contribution in [0.2, 0.25) is 0 Å². The molecule has 0 aromatic heterocycles. The van der Waals surface area contributed by atoms with Crippen molar-refractivity contribution >= 4 is 0 Å². The summed E-state index contributed by atoms with van der Waals surface area (Å²) in [4.78, 5) is 2.18. The molecule has 0 aromatic carbocycles. The third-order valence-electron chi connectivity index (χ3n) is 2.22. The summed E-state index contributed by atoms with van der Waals surface area (Å²) >= 11 is 0. The minimum absolute atomic E-state index is 0.416. The first-order chi connectivity index (χ1) is 6.13. The number of hydrogen-bond donors (Lipinski definition) is 0. The SMILES string of the molecule is COCCC(C)N(CC#N)C(C)C. The predicted molar refractivity (Wildman–Crippen MR) is 53.4 cm³/mol. The fourth-order valence-corrected chi connectivity index (χ4v) is 1.38. The van der Waals surface area contributed by atoms with E-state index < -0.39 is 0 Å². The van der Waals surface area contributed by atoms with Crippen molar-refractivity contribution in [2.45, 2.75) is 39.3 Å². The molecule has 13 heavy (non-hydrogen) atoms. The van der Waals surface area contributed by atoms with Crippen molar-refractivity contribution in [3.05, 3.63) is 0 Å². The largest absolute Gasteiger partial charge is 0.385 e. The highest BCUT2D eigenvalue weighted by atomic mass is 16.5. The minimum Gasteiger partial charge on any atom is -0.385 e. The van der Waals surface area contributed by atoms with E-state index in [0.29, 0.717) is 18.6 Å². The number of rotatable bonds is 6. The maximum Gasteiger partial charge on any atom is 0.0870 e. The zero-order valence-electron chi connectivity index (χ0n) is 9.08. The Kier molecular flexibility index (Phi) is 6.56. The molecule has 0 amide bonds. The quantitative estimate of drug-likeness (QED) is 0.589. The molecule has 3 heteroatoms. The lowest BCUT2D eigenvalue weighted by Crippen LogP contribution is -2.39. The van der Waals surface area contributed by atoms with Crippen LogP contribution in [0.3, 0.4) is 0 Å². The van der Waals surface area contributed by atoms with Crippen LogP contribution in [-0.4, -0.2) is 37.2 Å². The van der Waals surface area contributed by atoms with Crippen LogP contribution in [0.25, 0.3) is 0 Å². The molecule has 0 saturated carbocycles. The van der Waals surface area contributed by atoms with E-state index in [2.05, 4.69) is 31.7 Å². The van der Waals surface area contributed by atoms with E-state index in [4.69, 9.17) is 10.00 Å². The normalized spacial score (nSPS) is 13.3. The summed E-state index contributed by atoms with van der Waals surface area (Å²) in [5.41, 5.74) is 0. The molecule has 1 atom stereocenters. The van der Waals surface area contributed by atoms with E-state index in [0.717, 1.165) is 13.0 Å². The maximum absolute atomic E-state index is 8.64. The Bertz CT molecular complexity index is 163. The number of nitrogens with zero attached hydrogens (tertiary/aromatic N) is 2. The lowest BCUT2D eigenvalue weighted by Gasteiger charge is -2.30. The molecule has 0 fully saturated rings. The average Bonchev–Trinajstić information content (AvgIpc) is 2.09. The monoisotopic (exact) mass is 184 g/mol. The van der Waals surface area contributed by atoms with Gasteiger partial charge in [0, 0.05) is 25.8 Å². The fourth-order valence-electron chi connectivity index (χ4n) is 1.38.